The highest BCUT2D eigenvalue weighted by Crippen LogP contribution is 2.16. The van der Waals surface area contributed by atoms with E-state index in [9.17, 15) is 20.2 Å². The lowest BCUT2D eigenvalue weighted by Gasteiger charge is -2.29. The average molecular weight is 416 g/mol. The van der Waals surface area contributed by atoms with Crippen molar-refractivity contribution in [1.82, 2.24) is 24.5 Å². The van der Waals surface area contributed by atoms with E-state index in [1.165, 1.54) is 17.2 Å². The number of nitro groups is 2. The molecule has 0 amide bonds. The summed E-state index contributed by atoms with van der Waals surface area (Å²) in [6.07, 6.45) is 1.22. The van der Waals surface area contributed by atoms with Crippen molar-refractivity contribution in [2.24, 2.45) is 14.1 Å². The number of nitrogens with zero attached hydrogens (tertiary/aromatic N) is 7. The zero-order valence-electron chi connectivity index (χ0n) is 13.8. The summed E-state index contributed by atoms with van der Waals surface area (Å²) >= 11 is 3.19. The summed E-state index contributed by atoms with van der Waals surface area (Å²) in [6.45, 7) is 2.93. The maximum atomic E-state index is 10.5. The Hall–Kier alpha value is -2.34. The topological polar surface area (TPSA) is 125 Å². The number of likely N-dealkylation sites (tertiary alicyclic amines) is 1. The number of halogens is 1. The van der Waals surface area contributed by atoms with Crippen LogP contribution in [0.4, 0.5) is 11.6 Å². The zero-order valence-corrected chi connectivity index (χ0v) is 15.4. The van der Waals surface area contributed by atoms with Crippen molar-refractivity contribution >= 4 is 27.6 Å². The first-order valence-electron chi connectivity index (χ1n) is 7.44. The molecule has 0 unspecified atom stereocenters. The average Bonchev–Trinajstić information content (AvgIpc) is 3.07. The van der Waals surface area contributed by atoms with Crippen LogP contribution in [-0.4, -0.2) is 47.4 Å². The minimum absolute atomic E-state index is 0.0666. The monoisotopic (exact) mass is 415 g/mol. The van der Waals surface area contributed by atoms with E-state index in [0.29, 0.717) is 5.33 Å². The third-order valence-electron chi connectivity index (χ3n) is 3.77. The molecule has 1 fully saturated rings. The van der Waals surface area contributed by atoms with Crippen LogP contribution in [0.3, 0.4) is 0 Å². The molecule has 0 aromatic carbocycles. The van der Waals surface area contributed by atoms with Crippen molar-refractivity contribution in [2.45, 2.75) is 18.3 Å². The largest absolute Gasteiger partial charge is 0.390 e. The smallest absolute Gasteiger partial charge is 0.358 e. The van der Waals surface area contributed by atoms with E-state index in [1.54, 1.807) is 24.8 Å². The molecule has 0 saturated carbocycles. The highest BCUT2D eigenvalue weighted by Gasteiger charge is 2.20. The normalized spacial score (nSPS) is 13.7. The molecule has 2 aromatic heterocycles. The lowest BCUT2D eigenvalue weighted by atomic mass is 10.2. The van der Waals surface area contributed by atoms with Gasteiger partial charge in [-0.25, -0.2) is 0 Å². The minimum Gasteiger partial charge on any atom is -0.358 e. The van der Waals surface area contributed by atoms with Crippen LogP contribution < -0.4 is 0 Å². The molecular formula is C13H18BrN7O4. The zero-order chi connectivity index (χ0) is 18.6. The van der Waals surface area contributed by atoms with Gasteiger partial charge in [0.15, 0.2) is 0 Å². The molecule has 1 aliphatic heterocycles. The van der Waals surface area contributed by atoms with Crippen LogP contribution in [0.1, 0.15) is 17.8 Å². The fourth-order valence-electron chi connectivity index (χ4n) is 2.20. The summed E-state index contributed by atoms with van der Waals surface area (Å²) in [6, 6.07) is 2.98. The van der Waals surface area contributed by atoms with E-state index in [4.69, 9.17) is 0 Å². The second kappa shape index (κ2) is 8.16. The van der Waals surface area contributed by atoms with E-state index in [1.807, 2.05) is 0 Å². The maximum Gasteiger partial charge on any atom is 0.390 e. The molecule has 0 spiro atoms. The molecule has 0 aliphatic carbocycles. The lowest BCUT2D eigenvalue weighted by Crippen LogP contribution is -2.36. The van der Waals surface area contributed by atoms with Crippen molar-refractivity contribution in [3.05, 3.63) is 43.7 Å². The molecule has 25 heavy (non-hydrogen) atoms. The molecule has 3 rings (SSSR count). The van der Waals surface area contributed by atoms with E-state index in [2.05, 4.69) is 31.0 Å². The standard InChI is InChI=1S/C8H12N4O2.C5H6BrN3O2/c1-10-7(6-11-3-2-4-11)5-8(9-10)12(13)14;1-8-4(3-6)2-5(7-8)9(10)11/h5H,2-4,6H2,1H3;2H,3H2,1H3. The molecule has 2 aromatic rings. The Morgan fingerprint density at radius 2 is 1.52 bits per heavy atom. The predicted octanol–water partition coefficient (Wildman–Crippen LogP) is 1.76. The number of hydrogen-bond acceptors (Lipinski definition) is 7. The van der Waals surface area contributed by atoms with Gasteiger partial charge < -0.3 is 20.2 Å². The SMILES string of the molecule is Cn1nc([N+](=O)[O-])cc1CBr.Cn1nc([N+](=O)[O-])cc1CN1CCC1. The van der Waals surface area contributed by atoms with Gasteiger partial charge in [-0.3, -0.25) is 4.90 Å². The molecule has 11 nitrogen and oxygen atoms in total. The van der Waals surface area contributed by atoms with Gasteiger partial charge in [0.1, 0.15) is 0 Å². The summed E-state index contributed by atoms with van der Waals surface area (Å²) in [5, 5.41) is 28.7. The first kappa shape index (κ1) is 19.0. The van der Waals surface area contributed by atoms with Crippen LogP contribution in [0.5, 0.6) is 0 Å². The van der Waals surface area contributed by atoms with Crippen molar-refractivity contribution < 1.29 is 9.85 Å². The van der Waals surface area contributed by atoms with Gasteiger partial charge in [0.2, 0.25) is 0 Å². The van der Waals surface area contributed by atoms with Crippen LogP contribution in [0.15, 0.2) is 12.1 Å². The fourth-order valence-corrected chi connectivity index (χ4v) is 2.72. The van der Waals surface area contributed by atoms with Gasteiger partial charge in [0.05, 0.1) is 47.8 Å². The summed E-state index contributed by atoms with van der Waals surface area (Å²) in [5.74, 6) is -0.176. The van der Waals surface area contributed by atoms with Crippen LogP contribution >= 0.6 is 15.9 Å². The molecule has 1 aliphatic rings. The molecule has 12 heteroatoms. The Morgan fingerprint density at radius 1 is 1.04 bits per heavy atom. The van der Waals surface area contributed by atoms with Gasteiger partial charge in [-0.1, -0.05) is 15.9 Å². The van der Waals surface area contributed by atoms with Crippen LogP contribution in [-0.2, 0) is 26.0 Å². The van der Waals surface area contributed by atoms with E-state index in [0.717, 1.165) is 31.0 Å². The minimum atomic E-state index is -0.508. The first-order chi connectivity index (χ1) is 11.8. The Bertz CT molecular complexity index is 769. The van der Waals surface area contributed by atoms with Crippen LogP contribution in [0.2, 0.25) is 0 Å². The van der Waals surface area contributed by atoms with Gasteiger partial charge in [0, 0.05) is 11.9 Å². The predicted molar refractivity (Wildman–Crippen MR) is 92.2 cm³/mol. The second-order valence-electron chi connectivity index (χ2n) is 5.51. The number of alkyl halides is 1. The summed E-state index contributed by atoms with van der Waals surface area (Å²) in [5.41, 5.74) is 1.69. The number of hydrogen-bond donors (Lipinski definition) is 0. The van der Waals surface area contributed by atoms with Gasteiger partial charge >= 0.3 is 11.6 Å². The molecule has 136 valence electrons. The highest BCUT2D eigenvalue weighted by molar-refractivity contribution is 9.08. The highest BCUT2D eigenvalue weighted by atomic mass is 79.9. The number of aryl methyl sites for hydroxylation is 2. The fraction of sp³-hybridized carbons (Fsp3) is 0.538. The van der Waals surface area contributed by atoms with Crippen molar-refractivity contribution in [2.75, 3.05) is 13.1 Å². The van der Waals surface area contributed by atoms with E-state index in [-0.39, 0.29) is 11.6 Å². The Morgan fingerprint density at radius 3 is 1.84 bits per heavy atom. The number of rotatable bonds is 5. The lowest BCUT2D eigenvalue weighted by molar-refractivity contribution is -0.389. The summed E-state index contributed by atoms with van der Waals surface area (Å²) in [7, 11) is 3.41. The Kier molecular flexibility index (Phi) is 6.20. The van der Waals surface area contributed by atoms with Crippen molar-refractivity contribution in [3.8, 4) is 0 Å². The quantitative estimate of drug-likeness (QED) is 0.413. The van der Waals surface area contributed by atoms with E-state index < -0.39 is 9.85 Å². The molecule has 1 saturated heterocycles. The first-order valence-corrected chi connectivity index (χ1v) is 8.57. The molecule has 3 heterocycles. The van der Waals surface area contributed by atoms with Crippen molar-refractivity contribution in [1.29, 1.82) is 0 Å². The molecule has 0 radical (unpaired) electrons. The third-order valence-corrected chi connectivity index (χ3v) is 4.35. The van der Waals surface area contributed by atoms with Gasteiger partial charge in [0.25, 0.3) is 0 Å². The third kappa shape index (κ3) is 4.82. The van der Waals surface area contributed by atoms with Crippen LogP contribution in [0, 0.1) is 20.2 Å². The van der Waals surface area contributed by atoms with Gasteiger partial charge in [-0.2, -0.15) is 9.36 Å². The van der Waals surface area contributed by atoms with Gasteiger partial charge in [-0.05, 0) is 29.4 Å². The Labute approximate surface area is 151 Å². The number of aromatic nitrogens is 4. The molecular weight excluding hydrogens is 398 g/mol. The molecule has 0 N–H and O–H groups in total. The second-order valence-corrected chi connectivity index (χ2v) is 6.07. The molecule has 0 bridgehead atoms. The van der Waals surface area contributed by atoms with E-state index >= 15 is 0 Å². The molecule has 0 atom stereocenters. The Balaban J connectivity index is 0.000000186. The summed E-state index contributed by atoms with van der Waals surface area (Å²) in [4.78, 5) is 21.9. The van der Waals surface area contributed by atoms with Gasteiger partial charge in [-0.15, -0.1) is 0 Å². The summed E-state index contributed by atoms with van der Waals surface area (Å²) < 4.78 is 3.06. The maximum absolute atomic E-state index is 10.5. The van der Waals surface area contributed by atoms with Crippen LogP contribution in [0.25, 0.3) is 0 Å². The van der Waals surface area contributed by atoms with Crippen molar-refractivity contribution in [3.63, 3.8) is 0 Å².